The van der Waals surface area contributed by atoms with Crippen LogP contribution in [0.3, 0.4) is 0 Å². The predicted molar refractivity (Wildman–Crippen MR) is 122 cm³/mol. The maximum atomic E-state index is 13.1. The standard InChI is InChI=1S/C24H24N4O3/c1-15-7-5-8-16(2)21(15)26-20(29)13-28-14-25-22-19(12-27(3)23(22)24(28)30)17-9-6-10-18(11-17)31-4/h5-12,14H,13H2,1-4H3,(H,26,29). The van der Waals surface area contributed by atoms with E-state index >= 15 is 0 Å². The number of aryl methyl sites for hydroxylation is 3. The number of nitrogens with one attached hydrogen (secondary N) is 1. The van der Waals surface area contributed by atoms with E-state index in [1.54, 1.807) is 18.7 Å². The molecule has 1 amide bonds. The summed E-state index contributed by atoms with van der Waals surface area (Å²) in [6.07, 6.45) is 3.30. The van der Waals surface area contributed by atoms with Crippen LogP contribution >= 0.6 is 0 Å². The molecule has 2 aromatic heterocycles. The minimum absolute atomic E-state index is 0.116. The van der Waals surface area contributed by atoms with E-state index in [1.807, 2.05) is 62.5 Å². The number of fused-ring (bicyclic) bond motifs is 1. The van der Waals surface area contributed by atoms with E-state index in [2.05, 4.69) is 10.3 Å². The molecule has 158 valence electrons. The van der Waals surface area contributed by atoms with E-state index in [-0.39, 0.29) is 18.0 Å². The Morgan fingerprint density at radius 3 is 2.55 bits per heavy atom. The molecular formula is C24H24N4O3. The fourth-order valence-electron chi connectivity index (χ4n) is 3.77. The van der Waals surface area contributed by atoms with E-state index < -0.39 is 0 Å². The van der Waals surface area contributed by atoms with Gasteiger partial charge in [-0.25, -0.2) is 4.98 Å². The lowest BCUT2D eigenvalue weighted by Gasteiger charge is -2.12. The molecular weight excluding hydrogens is 392 g/mol. The average molecular weight is 416 g/mol. The largest absolute Gasteiger partial charge is 0.497 e. The molecule has 7 nitrogen and oxygen atoms in total. The molecule has 2 aromatic carbocycles. The summed E-state index contributed by atoms with van der Waals surface area (Å²) in [7, 11) is 3.42. The molecule has 2 heterocycles. The van der Waals surface area contributed by atoms with Gasteiger partial charge in [0.2, 0.25) is 5.91 Å². The Balaban J connectivity index is 1.68. The van der Waals surface area contributed by atoms with Crippen molar-refractivity contribution in [2.24, 2.45) is 7.05 Å². The van der Waals surface area contributed by atoms with Gasteiger partial charge in [0, 0.05) is 24.5 Å². The van der Waals surface area contributed by atoms with Crippen molar-refractivity contribution < 1.29 is 9.53 Å². The number of para-hydroxylation sites is 1. The van der Waals surface area contributed by atoms with Gasteiger partial charge < -0.3 is 14.6 Å². The molecule has 0 fully saturated rings. The first-order chi connectivity index (χ1) is 14.9. The van der Waals surface area contributed by atoms with Gasteiger partial charge in [-0.1, -0.05) is 30.3 Å². The number of anilines is 1. The van der Waals surface area contributed by atoms with E-state index in [0.29, 0.717) is 11.0 Å². The van der Waals surface area contributed by atoms with Crippen molar-refractivity contribution in [3.63, 3.8) is 0 Å². The second-order valence-electron chi connectivity index (χ2n) is 7.58. The van der Waals surface area contributed by atoms with Crippen molar-refractivity contribution in [2.75, 3.05) is 12.4 Å². The zero-order valence-electron chi connectivity index (χ0n) is 18.0. The molecule has 0 bridgehead atoms. The Bertz CT molecular complexity index is 1330. The van der Waals surface area contributed by atoms with E-state index in [0.717, 1.165) is 33.7 Å². The van der Waals surface area contributed by atoms with Gasteiger partial charge in [0.25, 0.3) is 5.56 Å². The Morgan fingerprint density at radius 2 is 1.84 bits per heavy atom. The minimum Gasteiger partial charge on any atom is -0.497 e. The summed E-state index contributed by atoms with van der Waals surface area (Å²) < 4.78 is 8.39. The first-order valence-electron chi connectivity index (χ1n) is 9.94. The van der Waals surface area contributed by atoms with Crippen LogP contribution in [0.4, 0.5) is 5.69 Å². The van der Waals surface area contributed by atoms with Crippen LogP contribution in [-0.2, 0) is 18.4 Å². The lowest BCUT2D eigenvalue weighted by molar-refractivity contribution is -0.116. The predicted octanol–water partition coefficient (Wildman–Crippen LogP) is 3.67. The summed E-state index contributed by atoms with van der Waals surface area (Å²) >= 11 is 0. The second-order valence-corrected chi connectivity index (χ2v) is 7.58. The number of nitrogens with zero attached hydrogens (tertiary/aromatic N) is 3. The summed E-state index contributed by atoms with van der Waals surface area (Å²) in [6, 6.07) is 13.4. The van der Waals surface area contributed by atoms with Crippen LogP contribution in [0.2, 0.25) is 0 Å². The van der Waals surface area contributed by atoms with Crippen LogP contribution in [0.25, 0.3) is 22.2 Å². The van der Waals surface area contributed by atoms with Crippen LogP contribution in [-0.4, -0.2) is 27.1 Å². The highest BCUT2D eigenvalue weighted by Crippen LogP contribution is 2.29. The van der Waals surface area contributed by atoms with Gasteiger partial charge in [-0.05, 0) is 42.7 Å². The molecule has 0 saturated carbocycles. The van der Waals surface area contributed by atoms with Crippen molar-refractivity contribution in [1.82, 2.24) is 14.1 Å². The van der Waals surface area contributed by atoms with Crippen molar-refractivity contribution in [3.05, 3.63) is 76.5 Å². The number of hydrogen-bond donors (Lipinski definition) is 1. The van der Waals surface area contributed by atoms with Crippen LogP contribution < -0.4 is 15.6 Å². The zero-order valence-corrected chi connectivity index (χ0v) is 18.0. The molecule has 4 aromatic rings. The van der Waals surface area contributed by atoms with Crippen molar-refractivity contribution >= 4 is 22.6 Å². The summed E-state index contributed by atoms with van der Waals surface area (Å²) in [5, 5.41) is 2.91. The highest BCUT2D eigenvalue weighted by atomic mass is 16.5. The molecule has 0 unspecified atom stereocenters. The molecule has 4 rings (SSSR count). The number of amides is 1. The number of benzene rings is 2. The van der Waals surface area contributed by atoms with Gasteiger partial charge in [-0.15, -0.1) is 0 Å². The van der Waals surface area contributed by atoms with Crippen LogP contribution in [0.1, 0.15) is 11.1 Å². The Labute approximate surface area is 179 Å². The molecule has 0 aliphatic heterocycles. The second kappa shape index (κ2) is 8.10. The topological polar surface area (TPSA) is 78.1 Å². The van der Waals surface area contributed by atoms with Gasteiger partial charge in [-0.2, -0.15) is 0 Å². The molecule has 0 atom stereocenters. The number of ether oxygens (including phenoxy) is 1. The Hall–Kier alpha value is -3.87. The number of carbonyl (C=O) groups is 1. The molecule has 31 heavy (non-hydrogen) atoms. The lowest BCUT2D eigenvalue weighted by atomic mass is 10.1. The monoisotopic (exact) mass is 416 g/mol. The Morgan fingerprint density at radius 1 is 1.13 bits per heavy atom. The average Bonchev–Trinajstić information content (AvgIpc) is 3.10. The van der Waals surface area contributed by atoms with Crippen LogP contribution in [0.5, 0.6) is 5.75 Å². The molecule has 7 heteroatoms. The highest BCUT2D eigenvalue weighted by molar-refractivity contribution is 5.94. The SMILES string of the molecule is COc1cccc(-c2cn(C)c3c(=O)n(CC(=O)Nc4c(C)cccc4C)cnc23)c1. The summed E-state index contributed by atoms with van der Waals surface area (Å²) in [5.74, 6) is 0.453. The van der Waals surface area contributed by atoms with Gasteiger partial charge >= 0.3 is 0 Å². The Kier molecular flexibility index (Phi) is 5.33. The summed E-state index contributed by atoms with van der Waals surface area (Å²) in [5.41, 5.74) is 5.22. The zero-order chi connectivity index (χ0) is 22.1. The smallest absolute Gasteiger partial charge is 0.278 e. The third kappa shape index (κ3) is 3.82. The summed E-state index contributed by atoms with van der Waals surface area (Å²) in [6.45, 7) is 3.76. The van der Waals surface area contributed by atoms with Gasteiger partial charge in [-0.3, -0.25) is 14.2 Å². The fourth-order valence-corrected chi connectivity index (χ4v) is 3.77. The normalized spacial score (nSPS) is 11.0. The quantitative estimate of drug-likeness (QED) is 0.539. The summed E-state index contributed by atoms with van der Waals surface area (Å²) in [4.78, 5) is 30.3. The maximum Gasteiger partial charge on any atom is 0.278 e. The highest BCUT2D eigenvalue weighted by Gasteiger charge is 2.17. The molecule has 0 spiro atoms. The maximum absolute atomic E-state index is 13.1. The van der Waals surface area contributed by atoms with Gasteiger partial charge in [0.05, 0.1) is 13.4 Å². The van der Waals surface area contributed by atoms with E-state index in [4.69, 9.17) is 4.74 Å². The van der Waals surface area contributed by atoms with Crippen LogP contribution in [0, 0.1) is 13.8 Å². The number of carbonyl (C=O) groups excluding carboxylic acids is 1. The lowest BCUT2D eigenvalue weighted by Crippen LogP contribution is -2.29. The number of methoxy groups -OCH3 is 1. The van der Waals surface area contributed by atoms with Gasteiger partial charge in [0.15, 0.2) is 0 Å². The third-order valence-corrected chi connectivity index (χ3v) is 5.38. The first-order valence-corrected chi connectivity index (χ1v) is 9.94. The number of aromatic nitrogens is 3. The van der Waals surface area contributed by atoms with Crippen molar-refractivity contribution in [2.45, 2.75) is 20.4 Å². The van der Waals surface area contributed by atoms with Crippen molar-refractivity contribution in [3.8, 4) is 16.9 Å². The molecule has 0 saturated heterocycles. The van der Waals surface area contributed by atoms with Crippen molar-refractivity contribution in [1.29, 1.82) is 0 Å². The number of rotatable bonds is 5. The third-order valence-electron chi connectivity index (χ3n) is 5.38. The van der Waals surface area contributed by atoms with E-state index in [9.17, 15) is 9.59 Å². The number of hydrogen-bond acceptors (Lipinski definition) is 4. The fraction of sp³-hybridized carbons (Fsp3) is 0.208. The molecule has 0 aliphatic rings. The van der Waals surface area contributed by atoms with Gasteiger partial charge in [0.1, 0.15) is 23.3 Å². The molecule has 0 radical (unpaired) electrons. The minimum atomic E-state index is -0.275. The first kappa shape index (κ1) is 20.4. The van der Waals surface area contributed by atoms with Crippen LogP contribution in [0.15, 0.2) is 59.8 Å². The molecule has 1 N–H and O–H groups in total. The molecule has 0 aliphatic carbocycles. The van der Waals surface area contributed by atoms with E-state index in [1.165, 1.54) is 10.9 Å².